The molecule has 1 heterocycles. The predicted molar refractivity (Wildman–Crippen MR) is 102 cm³/mol. The first-order valence-corrected chi connectivity index (χ1v) is 9.19. The fraction of sp³-hybridized carbons (Fsp3) is 0.412. The molecular formula is C17H23FN6O2S. The van der Waals surface area contributed by atoms with Crippen molar-refractivity contribution in [1.82, 2.24) is 19.8 Å². The third-order valence-electron chi connectivity index (χ3n) is 3.59. The van der Waals surface area contributed by atoms with Crippen LogP contribution in [0.2, 0.25) is 0 Å². The predicted octanol–water partition coefficient (Wildman–Crippen LogP) is 1.62. The number of carbonyl (C=O) groups excluding carboxylic acids is 2. The van der Waals surface area contributed by atoms with E-state index < -0.39 is 0 Å². The van der Waals surface area contributed by atoms with Crippen molar-refractivity contribution in [2.24, 2.45) is 0 Å². The number of amides is 2. The molecule has 0 aliphatic rings. The van der Waals surface area contributed by atoms with Crippen LogP contribution >= 0.6 is 11.8 Å². The fourth-order valence-electron chi connectivity index (χ4n) is 2.16. The third kappa shape index (κ3) is 5.68. The summed E-state index contributed by atoms with van der Waals surface area (Å²) in [5, 5.41) is 11.1. The highest BCUT2D eigenvalue weighted by Crippen LogP contribution is 2.23. The molecule has 0 saturated heterocycles. The van der Waals surface area contributed by atoms with Crippen LogP contribution in [0.4, 0.5) is 10.1 Å². The number of likely N-dealkylation sites (N-methyl/N-ethyl adjacent to an activating group) is 1. The van der Waals surface area contributed by atoms with E-state index in [1.54, 1.807) is 0 Å². The Labute approximate surface area is 161 Å². The molecule has 146 valence electrons. The summed E-state index contributed by atoms with van der Waals surface area (Å²) in [6, 6.07) is 5.39. The minimum absolute atomic E-state index is 0.0693. The number of carbonyl (C=O) groups is 2. The number of benzene rings is 1. The second-order valence-electron chi connectivity index (χ2n) is 7.02. The van der Waals surface area contributed by atoms with Gasteiger partial charge in [0.25, 0.3) is 0 Å². The van der Waals surface area contributed by atoms with Gasteiger partial charge in [0.15, 0.2) is 5.82 Å². The molecular weight excluding hydrogens is 371 g/mol. The van der Waals surface area contributed by atoms with E-state index in [-0.39, 0.29) is 35.3 Å². The van der Waals surface area contributed by atoms with Gasteiger partial charge in [0.1, 0.15) is 5.82 Å². The molecule has 0 saturated carbocycles. The summed E-state index contributed by atoms with van der Waals surface area (Å²) in [4.78, 5) is 25.5. The Morgan fingerprint density at radius 1 is 1.26 bits per heavy atom. The van der Waals surface area contributed by atoms with E-state index in [0.29, 0.717) is 16.7 Å². The molecule has 1 aromatic heterocycles. The summed E-state index contributed by atoms with van der Waals surface area (Å²) in [5.74, 6) is 5.65. The Balaban J connectivity index is 1.86. The summed E-state index contributed by atoms with van der Waals surface area (Å²) < 4.78 is 14.2. The molecule has 27 heavy (non-hydrogen) atoms. The number of hydrogen-bond acceptors (Lipinski definition) is 6. The van der Waals surface area contributed by atoms with Crippen LogP contribution in [0, 0.1) is 5.82 Å². The summed E-state index contributed by atoms with van der Waals surface area (Å²) in [7, 11) is 1.53. The highest BCUT2D eigenvalue weighted by atomic mass is 32.2. The molecule has 0 spiro atoms. The number of nitrogens with zero attached hydrogens (tertiary/aromatic N) is 4. The molecule has 0 bridgehead atoms. The first kappa shape index (κ1) is 20.7. The topological polar surface area (TPSA) is 106 Å². The average molecular weight is 394 g/mol. The largest absolute Gasteiger partial charge is 0.336 e. The monoisotopic (exact) mass is 394 g/mol. The lowest BCUT2D eigenvalue weighted by Crippen LogP contribution is -2.36. The second-order valence-corrected chi connectivity index (χ2v) is 7.96. The molecule has 3 N–H and O–H groups in total. The smallest absolute Gasteiger partial charge is 0.243 e. The standard InChI is InChI=1S/C17H23FN6O2S/c1-17(2,3)15-21-22-16(24(15)19)27-10-14(26)23(4)9-13(25)20-12-7-5-11(18)6-8-12/h5-8H,9-10,19H2,1-4H3,(H,20,25). The van der Waals surface area contributed by atoms with Crippen molar-refractivity contribution in [3.63, 3.8) is 0 Å². The zero-order valence-electron chi connectivity index (χ0n) is 15.7. The van der Waals surface area contributed by atoms with Gasteiger partial charge in [0, 0.05) is 18.2 Å². The number of aromatic nitrogens is 3. The van der Waals surface area contributed by atoms with Crippen LogP contribution in [0.5, 0.6) is 0 Å². The number of rotatable bonds is 6. The number of nitrogens with two attached hydrogens (primary N) is 1. The zero-order valence-corrected chi connectivity index (χ0v) is 16.5. The zero-order chi connectivity index (χ0) is 20.2. The van der Waals surface area contributed by atoms with E-state index in [4.69, 9.17) is 5.84 Å². The van der Waals surface area contributed by atoms with Crippen molar-refractivity contribution >= 4 is 29.3 Å². The Morgan fingerprint density at radius 2 is 1.89 bits per heavy atom. The van der Waals surface area contributed by atoms with E-state index in [1.165, 1.54) is 40.9 Å². The Morgan fingerprint density at radius 3 is 2.44 bits per heavy atom. The summed E-state index contributed by atoms with van der Waals surface area (Å²) in [6.45, 7) is 5.77. The maximum Gasteiger partial charge on any atom is 0.243 e. The van der Waals surface area contributed by atoms with Gasteiger partial charge in [0.05, 0.1) is 12.3 Å². The van der Waals surface area contributed by atoms with Crippen LogP contribution < -0.4 is 11.2 Å². The van der Waals surface area contributed by atoms with Crippen LogP contribution in [0.25, 0.3) is 0 Å². The van der Waals surface area contributed by atoms with Crippen LogP contribution in [-0.2, 0) is 15.0 Å². The minimum atomic E-state index is -0.389. The molecule has 8 nitrogen and oxygen atoms in total. The van der Waals surface area contributed by atoms with Crippen LogP contribution in [0.1, 0.15) is 26.6 Å². The van der Waals surface area contributed by atoms with Crippen molar-refractivity contribution in [2.75, 3.05) is 30.5 Å². The maximum atomic E-state index is 12.9. The lowest BCUT2D eigenvalue weighted by Gasteiger charge is -2.17. The highest BCUT2D eigenvalue weighted by molar-refractivity contribution is 7.99. The van der Waals surface area contributed by atoms with Gasteiger partial charge < -0.3 is 16.1 Å². The Kier molecular flexibility index (Phi) is 6.42. The maximum absolute atomic E-state index is 12.9. The Hall–Kier alpha value is -2.62. The van der Waals surface area contributed by atoms with Crippen molar-refractivity contribution in [3.8, 4) is 0 Å². The molecule has 2 amide bonds. The second kappa shape index (κ2) is 8.38. The molecule has 0 radical (unpaired) electrons. The lowest BCUT2D eigenvalue weighted by molar-refractivity contribution is -0.131. The van der Waals surface area contributed by atoms with Crippen molar-refractivity contribution < 1.29 is 14.0 Å². The van der Waals surface area contributed by atoms with Gasteiger partial charge in [0.2, 0.25) is 17.0 Å². The van der Waals surface area contributed by atoms with Gasteiger partial charge in [-0.15, -0.1) is 10.2 Å². The molecule has 2 rings (SSSR count). The molecule has 0 aliphatic heterocycles. The van der Waals surface area contributed by atoms with Crippen LogP contribution in [0.15, 0.2) is 29.4 Å². The molecule has 0 atom stereocenters. The number of hydrogen-bond donors (Lipinski definition) is 2. The number of anilines is 1. The van der Waals surface area contributed by atoms with Gasteiger partial charge in [-0.2, -0.15) is 0 Å². The first-order chi connectivity index (χ1) is 12.6. The normalized spacial score (nSPS) is 11.3. The molecule has 2 aromatic rings. The van der Waals surface area contributed by atoms with E-state index >= 15 is 0 Å². The number of nitrogen functional groups attached to an aromatic ring is 1. The lowest BCUT2D eigenvalue weighted by atomic mass is 9.96. The molecule has 1 aromatic carbocycles. The first-order valence-electron chi connectivity index (χ1n) is 8.21. The molecule has 0 unspecified atom stereocenters. The summed E-state index contributed by atoms with van der Waals surface area (Å²) >= 11 is 1.15. The molecule has 0 aliphatic carbocycles. The van der Waals surface area contributed by atoms with Crippen molar-refractivity contribution in [3.05, 3.63) is 35.9 Å². The number of nitrogens with one attached hydrogen (secondary N) is 1. The number of thioether (sulfide) groups is 1. The SMILES string of the molecule is CN(CC(=O)Nc1ccc(F)cc1)C(=O)CSc1nnc(C(C)(C)C)n1N. The average Bonchev–Trinajstić information content (AvgIpc) is 2.95. The highest BCUT2D eigenvalue weighted by Gasteiger charge is 2.23. The van der Waals surface area contributed by atoms with E-state index in [1.807, 2.05) is 20.8 Å². The van der Waals surface area contributed by atoms with E-state index in [9.17, 15) is 14.0 Å². The van der Waals surface area contributed by atoms with Crippen LogP contribution in [-0.4, -0.2) is 50.9 Å². The van der Waals surface area contributed by atoms with Gasteiger partial charge >= 0.3 is 0 Å². The van der Waals surface area contributed by atoms with Gasteiger partial charge in [-0.3, -0.25) is 9.59 Å². The van der Waals surface area contributed by atoms with Gasteiger partial charge in [-0.05, 0) is 24.3 Å². The van der Waals surface area contributed by atoms with E-state index in [2.05, 4.69) is 15.5 Å². The Bertz CT molecular complexity index is 816. The van der Waals surface area contributed by atoms with Gasteiger partial charge in [-0.25, -0.2) is 9.07 Å². The van der Waals surface area contributed by atoms with Crippen LogP contribution in [0.3, 0.4) is 0 Å². The fourth-order valence-corrected chi connectivity index (χ4v) is 2.96. The summed E-state index contributed by atoms with van der Waals surface area (Å²) in [6.07, 6.45) is 0. The quantitative estimate of drug-likeness (QED) is 0.570. The molecule has 10 heteroatoms. The summed E-state index contributed by atoms with van der Waals surface area (Å²) in [5.41, 5.74) is 0.197. The van der Waals surface area contributed by atoms with Crippen molar-refractivity contribution in [2.45, 2.75) is 31.3 Å². The minimum Gasteiger partial charge on any atom is -0.336 e. The molecule has 0 fully saturated rings. The van der Waals surface area contributed by atoms with Crippen molar-refractivity contribution in [1.29, 1.82) is 0 Å². The van der Waals surface area contributed by atoms with Gasteiger partial charge in [-0.1, -0.05) is 32.5 Å². The third-order valence-corrected chi connectivity index (χ3v) is 4.52. The van der Waals surface area contributed by atoms with E-state index in [0.717, 1.165) is 11.8 Å². The number of halogens is 1.